The van der Waals surface area contributed by atoms with Crippen LogP contribution in [0.4, 0.5) is 11.4 Å². The number of carbonyl (C=O) groups excluding carboxylic acids is 1. The van der Waals surface area contributed by atoms with Gasteiger partial charge >= 0.3 is 0 Å². The number of aryl methyl sites for hydroxylation is 2. The van der Waals surface area contributed by atoms with E-state index in [-0.39, 0.29) is 5.91 Å². The molecule has 0 saturated carbocycles. The number of aliphatic imine (C=N–C) groups is 1. The zero-order chi connectivity index (χ0) is 20.8. The summed E-state index contributed by atoms with van der Waals surface area (Å²) in [4.78, 5) is 24.7. The summed E-state index contributed by atoms with van der Waals surface area (Å²) in [5.74, 6) is 0.429. The first-order valence-electron chi connectivity index (χ1n) is 9.67. The number of rotatable bonds is 2. The summed E-state index contributed by atoms with van der Waals surface area (Å²) in [5.41, 5.74) is 5.70. The van der Waals surface area contributed by atoms with Crippen molar-refractivity contribution in [1.29, 1.82) is 0 Å². The van der Waals surface area contributed by atoms with E-state index in [4.69, 9.17) is 16.6 Å². The molecule has 0 atom stereocenters. The van der Waals surface area contributed by atoms with Gasteiger partial charge in [0.25, 0.3) is 5.91 Å². The second-order valence-electron chi connectivity index (χ2n) is 7.36. The first-order valence-corrected chi connectivity index (χ1v) is 10.1. The predicted octanol–water partition coefficient (Wildman–Crippen LogP) is 6.24. The van der Waals surface area contributed by atoms with E-state index in [1.165, 1.54) is 0 Å². The Morgan fingerprint density at radius 1 is 0.900 bits per heavy atom. The van der Waals surface area contributed by atoms with Crippen LogP contribution in [0.5, 0.6) is 0 Å². The van der Waals surface area contributed by atoms with Crippen molar-refractivity contribution in [3.8, 4) is 0 Å². The Morgan fingerprint density at radius 2 is 1.63 bits per heavy atom. The highest BCUT2D eigenvalue weighted by Crippen LogP contribution is 2.36. The van der Waals surface area contributed by atoms with Gasteiger partial charge in [-0.1, -0.05) is 48.0 Å². The van der Waals surface area contributed by atoms with E-state index in [0.717, 1.165) is 33.3 Å². The fourth-order valence-electron chi connectivity index (χ4n) is 3.92. The van der Waals surface area contributed by atoms with Crippen LogP contribution in [0.25, 0.3) is 10.9 Å². The summed E-state index contributed by atoms with van der Waals surface area (Å²) in [7, 11) is 0. The van der Waals surface area contributed by atoms with Crippen molar-refractivity contribution >= 4 is 45.6 Å². The Labute approximate surface area is 179 Å². The van der Waals surface area contributed by atoms with Crippen LogP contribution in [-0.4, -0.2) is 16.7 Å². The summed E-state index contributed by atoms with van der Waals surface area (Å²) in [6.45, 7) is 4.04. The van der Waals surface area contributed by atoms with E-state index in [1.54, 1.807) is 29.3 Å². The van der Waals surface area contributed by atoms with Crippen molar-refractivity contribution < 1.29 is 4.79 Å². The Kier molecular flexibility index (Phi) is 4.37. The molecule has 0 unspecified atom stereocenters. The lowest BCUT2D eigenvalue weighted by Crippen LogP contribution is -2.30. The standard InChI is InChI=1S/C25H18ClN3O/c1-15-6-3-7-16(2)22(15)28-24-20-14-18(26)11-12-19(20)25(30)29(24)21-10-4-8-17-9-5-13-27-23(17)21/h3-14H,1-2H3. The number of hydrogen-bond donors (Lipinski definition) is 0. The summed E-state index contributed by atoms with van der Waals surface area (Å²) < 4.78 is 0. The Balaban J connectivity index is 1.81. The molecule has 1 aliphatic heterocycles. The van der Waals surface area contributed by atoms with Crippen LogP contribution in [0.15, 0.2) is 77.9 Å². The van der Waals surface area contributed by atoms with E-state index in [2.05, 4.69) is 4.98 Å². The third-order valence-electron chi connectivity index (χ3n) is 5.38. The summed E-state index contributed by atoms with van der Waals surface area (Å²) in [5, 5.41) is 1.52. The number of carbonyl (C=O) groups is 1. The minimum Gasteiger partial charge on any atom is -0.268 e. The molecule has 0 radical (unpaired) electrons. The fourth-order valence-corrected chi connectivity index (χ4v) is 4.09. The number of benzene rings is 3. The summed E-state index contributed by atoms with van der Waals surface area (Å²) in [6, 6.07) is 21.0. The zero-order valence-electron chi connectivity index (χ0n) is 16.6. The number of nitrogens with zero attached hydrogens (tertiary/aromatic N) is 3. The van der Waals surface area contributed by atoms with E-state index in [0.29, 0.717) is 22.1 Å². The number of pyridine rings is 1. The largest absolute Gasteiger partial charge is 0.268 e. The SMILES string of the molecule is Cc1cccc(C)c1N=C1c2cc(Cl)ccc2C(=O)N1c1cccc2cccnc12. The van der Waals surface area contributed by atoms with Gasteiger partial charge in [0.05, 0.1) is 22.5 Å². The van der Waals surface area contributed by atoms with Gasteiger partial charge in [-0.2, -0.15) is 0 Å². The Morgan fingerprint density at radius 3 is 2.43 bits per heavy atom. The van der Waals surface area contributed by atoms with Crippen molar-refractivity contribution in [3.05, 3.63) is 100 Å². The molecule has 4 aromatic rings. The highest BCUT2D eigenvalue weighted by molar-refractivity contribution is 6.39. The molecule has 0 saturated heterocycles. The highest BCUT2D eigenvalue weighted by atomic mass is 35.5. The number of para-hydroxylation sites is 2. The number of amides is 1. The first kappa shape index (κ1) is 18.5. The number of aromatic nitrogens is 1. The molecule has 1 aromatic heterocycles. The van der Waals surface area contributed by atoms with Crippen LogP contribution in [0.3, 0.4) is 0 Å². The number of fused-ring (bicyclic) bond motifs is 2. The van der Waals surface area contributed by atoms with Gasteiger partial charge in [0, 0.05) is 22.2 Å². The molecule has 5 heteroatoms. The Hall–Kier alpha value is -3.50. The molecule has 0 aliphatic carbocycles. The molecule has 0 fully saturated rings. The van der Waals surface area contributed by atoms with Crippen molar-refractivity contribution in [2.45, 2.75) is 13.8 Å². The molecule has 0 bridgehead atoms. The van der Waals surface area contributed by atoms with Crippen LogP contribution in [0.1, 0.15) is 27.0 Å². The van der Waals surface area contributed by atoms with Crippen LogP contribution in [0, 0.1) is 13.8 Å². The van der Waals surface area contributed by atoms with Crippen LogP contribution >= 0.6 is 11.6 Å². The lowest BCUT2D eigenvalue weighted by Gasteiger charge is -2.19. The second kappa shape index (κ2) is 7.08. The maximum Gasteiger partial charge on any atom is 0.264 e. The quantitative estimate of drug-likeness (QED) is 0.391. The maximum atomic E-state index is 13.5. The molecule has 30 heavy (non-hydrogen) atoms. The van der Waals surface area contributed by atoms with Crippen molar-refractivity contribution in [1.82, 2.24) is 4.98 Å². The molecule has 5 rings (SSSR count). The summed E-state index contributed by atoms with van der Waals surface area (Å²) >= 11 is 6.29. The van der Waals surface area contributed by atoms with E-state index in [1.807, 2.05) is 62.4 Å². The number of halogens is 1. The molecule has 3 aromatic carbocycles. The minimum absolute atomic E-state index is 0.134. The van der Waals surface area contributed by atoms with E-state index < -0.39 is 0 Å². The fraction of sp³-hybridized carbons (Fsp3) is 0.0800. The van der Waals surface area contributed by atoms with Gasteiger partial charge in [0.1, 0.15) is 5.84 Å². The molecular weight excluding hydrogens is 394 g/mol. The monoisotopic (exact) mass is 411 g/mol. The third kappa shape index (κ3) is 2.88. The van der Waals surface area contributed by atoms with E-state index in [9.17, 15) is 4.79 Å². The summed E-state index contributed by atoms with van der Waals surface area (Å²) in [6.07, 6.45) is 1.73. The van der Waals surface area contributed by atoms with Crippen molar-refractivity contribution in [2.75, 3.05) is 4.90 Å². The number of amidine groups is 1. The number of hydrogen-bond acceptors (Lipinski definition) is 3. The molecule has 0 N–H and O–H groups in total. The van der Waals surface area contributed by atoms with Gasteiger partial charge in [-0.3, -0.25) is 14.7 Å². The van der Waals surface area contributed by atoms with Gasteiger partial charge in [-0.15, -0.1) is 0 Å². The molecule has 2 heterocycles. The van der Waals surface area contributed by atoms with Gasteiger partial charge in [0.2, 0.25) is 0 Å². The average Bonchev–Trinajstić information content (AvgIpc) is 3.01. The molecule has 1 aliphatic rings. The van der Waals surface area contributed by atoms with Gasteiger partial charge in [-0.05, 0) is 55.3 Å². The third-order valence-corrected chi connectivity index (χ3v) is 5.61. The molecular formula is C25H18ClN3O. The second-order valence-corrected chi connectivity index (χ2v) is 7.79. The van der Waals surface area contributed by atoms with Gasteiger partial charge in [-0.25, -0.2) is 4.99 Å². The molecule has 146 valence electrons. The van der Waals surface area contributed by atoms with Crippen LogP contribution < -0.4 is 4.90 Å². The normalized spacial score (nSPS) is 14.6. The van der Waals surface area contributed by atoms with Crippen molar-refractivity contribution in [2.24, 2.45) is 4.99 Å². The van der Waals surface area contributed by atoms with Crippen LogP contribution in [0.2, 0.25) is 5.02 Å². The number of anilines is 1. The smallest absolute Gasteiger partial charge is 0.264 e. The lowest BCUT2D eigenvalue weighted by molar-refractivity contribution is 0.101. The molecule has 0 spiro atoms. The van der Waals surface area contributed by atoms with Crippen molar-refractivity contribution in [3.63, 3.8) is 0 Å². The molecule has 1 amide bonds. The molecule has 4 nitrogen and oxygen atoms in total. The predicted molar refractivity (Wildman–Crippen MR) is 122 cm³/mol. The van der Waals surface area contributed by atoms with Gasteiger partial charge in [0.15, 0.2) is 0 Å². The lowest BCUT2D eigenvalue weighted by atomic mass is 10.1. The highest BCUT2D eigenvalue weighted by Gasteiger charge is 2.36. The maximum absolute atomic E-state index is 13.5. The van der Waals surface area contributed by atoms with Crippen LogP contribution in [-0.2, 0) is 0 Å². The van der Waals surface area contributed by atoms with Gasteiger partial charge < -0.3 is 0 Å². The average molecular weight is 412 g/mol. The first-order chi connectivity index (χ1) is 14.5. The zero-order valence-corrected chi connectivity index (χ0v) is 17.3. The topological polar surface area (TPSA) is 45.6 Å². The van der Waals surface area contributed by atoms with E-state index >= 15 is 0 Å². The minimum atomic E-state index is -0.134. The Bertz CT molecular complexity index is 1330.